The highest BCUT2D eigenvalue weighted by Crippen LogP contribution is 2.46. The van der Waals surface area contributed by atoms with Crippen LogP contribution in [0.2, 0.25) is 0 Å². The Bertz CT molecular complexity index is 2030. The van der Waals surface area contributed by atoms with Crippen LogP contribution in [0.25, 0.3) is 0 Å². The van der Waals surface area contributed by atoms with Crippen LogP contribution in [0.3, 0.4) is 0 Å². The first-order valence-corrected chi connectivity index (χ1v) is 20.8. The van der Waals surface area contributed by atoms with E-state index < -0.39 is 0 Å². The van der Waals surface area contributed by atoms with Gasteiger partial charge in [-0.15, -0.1) is 0 Å². The summed E-state index contributed by atoms with van der Waals surface area (Å²) >= 11 is 0. The van der Waals surface area contributed by atoms with E-state index in [4.69, 9.17) is 42.6 Å². The molecule has 330 valence electrons. The minimum absolute atomic E-state index is 0.0221. The number of Topliss-reactive ketones (excluding diaryl/α,β-unsaturated/α-hetero) is 2. The first-order valence-electron chi connectivity index (χ1n) is 20.8. The number of hydrogen-bond acceptors (Lipinski definition) is 12. The number of benzene rings is 4. The van der Waals surface area contributed by atoms with E-state index in [-0.39, 0.29) is 53.2 Å². The zero-order valence-corrected chi connectivity index (χ0v) is 37.2. The molecule has 61 heavy (non-hydrogen) atoms. The monoisotopic (exact) mass is 842 g/mol. The van der Waals surface area contributed by atoms with Gasteiger partial charge in [0.2, 0.25) is 11.5 Å². The van der Waals surface area contributed by atoms with Gasteiger partial charge in [0.25, 0.3) is 0 Å². The fourth-order valence-electron chi connectivity index (χ4n) is 8.77. The molecule has 0 spiro atoms. The van der Waals surface area contributed by atoms with Crippen molar-refractivity contribution >= 4 is 11.6 Å². The summed E-state index contributed by atoms with van der Waals surface area (Å²) in [7, 11) is 12.7. The summed E-state index contributed by atoms with van der Waals surface area (Å²) in [5, 5.41) is 10.2. The molecule has 2 saturated carbocycles. The summed E-state index contributed by atoms with van der Waals surface area (Å²) < 4.78 is 49.3. The zero-order chi connectivity index (χ0) is 44.2. The van der Waals surface area contributed by atoms with E-state index in [1.165, 1.54) is 21.3 Å². The lowest BCUT2D eigenvalue weighted by Gasteiger charge is -2.35. The lowest BCUT2D eigenvalue weighted by Crippen LogP contribution is -2.32. The van der Waals surface area contributed by atoms with Crippen LogP contribution in [0.1, 0.15) is 94.7 Å². The maximum Gasteiger partial charge on any atom is 0.203 e. The van der Waals surface area contributed by atoms with Gasteiger partial charge in [0.15, 0.2) is 34.6 Å². The van der Waals surface area contributed by atoms with Crippen LogP contribution >= 0.6 is 0 Å². The maximum atomic E-state index is 13.7. The molecule has 0 heterocycles. The van der Waals surface area contributed by atoms with Crippen molar-refractivity contribution in [2.75, 3.05) is 63.5 Å². The standard InChI is InChI=1S/C25H32O6.C24H30O6/c1-6-31-18-9-7-16(8-10-18)21-15-19(27-2)11-12-20(21)24(26)17-13-22(28-3)25(30-5)23(14-17)29-4;1-14-6-7-15(10-20(14)25)19-13-17(27-2)8-9-18(19)23(26)16-11-21(28-3)24(30-5)22(12-16)29-4/h7-10,13-14,19-21H,6,11-12,15H2,1-5H3;6-7,10-12,17-19,25H,8-9,13H2,1-5H3. The molecular weight excluding hydrogens is 781 g/mol. The number of hydrogen-bond donors (Lipinski definition) is 1. The average molecular weight is 843 g/mol. The van der Waals surface area contributed by atoms with E-state index in [0.29, 0.717) is 58.7 Å². The minimum atomic E-state index is -0.235. The van der Waals surface area contributed by atoms with Gasteiger partial charge in [0, 0.05) is 37.2 Å². The topological polar surface area (TPSA) is 137 Å². The zero-order valence-electron chi connectivity index (χ0n) is 37.2. The predicted octanol–water partition coefficient (Wildman–Crippen LogP) is 9.40. The Morgan fingerprint density at radius 1 is 0.557 bits per heavy atom. The maximum absolute atomic E-state index is 13.7. The van der Waals surface area contributed by atoms with Gasteiger partial charge < -0.3 is 47.7 Å². The van der Waals surface area contributed by atoms with Gasteiger partial charge in [0.1, 0.15) is 11.5 Å². The number of carbonyl (C=O) groups is 2. The predicted molar refractivity (Wildman–Crippen MR) is 233 cm³/mol. The molecule has 6 atom stereocenters. The third-order valence-corrected chi connectivity index (χ3v) is 12.1. The van der Waals surface area contributed by atoms with Crippen LogP contribution in [0.15, 0.2) is 66.7 Å². The van der Waals surface area contributed by atoms with Gasteiger partial charge >= 0.3 is 0 Å². The van der Waals surface area contributed by atoms with Crippen LogP contribution in [0.4, 0.5) is 0 Å². The van der Waals surface area contributed by atoms with Gasteiger partial charge in [-0.25, -0.2) is 0 Å². The Kier molecular flexibility index (Phi) is 16.7. The first-order chi connectivity index (χ1) is 29.5. The molecule has 12 heteroatoms. The molecule has 0 amide bonds. The van der Waals surface area contributed by atoms with Crippen LogP contribution in [-0.4, -0.2) is 92.4 Å². The molecular formula is C49H62O12. The minimum Gasteiger partial charge on any atom is -0.508 e. The molecule has 0 aromatic heterocycles. The third-order valence-electron chi connectivity index (χ3n) is 12.1. The van der Waals surface area contributed by atoms with Crippen molar-refractivity contribution < 1.29 is 57.3 Å². The summed E-state index contributed by atoms with van der Waals surface area (Å²) in [6.45, 7) is 4.44. The summed E-state index contributed by atoms with van der Waals surface area (Å²) in [5.41, 5.74) is 3.96. The molecule has 2 fully saturated rings. The fourth-order valence-corrected chi connectivity index (χ4v) is 8.77. The van der Waals surface area contributed by atoms with E-state index in [1.807, 2.05) is 38.1 Å². The Balaban J connectivity index is 0.000000231. The highest BCUT2D eigenvalue weighted by atomic mass is 16.5. The molecule has 2 aliphatic carbocycles. The van der Waals surface area contributed by atoms with Gasteiger partial charge in [-0.2, -0.15) is 0 Å². The number of aryl methyl sites for hydroxylation is 1. The van der Waals surface area contributed by atoms with E-state index in [9.17, 15) is 14.7 Å². The van der Waals surface area contributed by atoms with Crippen molar-refractivity contribution in [2.24, 2.45) is 11.8 Å². The van der Waals surface area contributed by atoms with Gasteiger partial charge in [0.05, 0.1) is 61.5 Å². The molecule has 0 bridgehead atoms. The van der Waals surface area contributed by atoms with Crippen LogP contribution < -0.4 is 33.2 Å². The SMILES string of the molecule is CCOc1ccc(C2CC(OC)CCC2C(=O)c2cc(OC)c(OC)c(OC)c2)cc1.COc1cc(C(=O)C2CCC(OC)CC2c2ccc(C)c(O)c2)cc(OC)c1OC. The largest absolute Gasteiger partial charge is 0.508 e. The number of methoxy groups -OCH3 is 8. The summed E-state index contributed by atoms with van der Waals surface area (Å²) in [4.78, 5) is 27.3. The number of ether oxygens (including phenoxy) is 9. The third kappa shape index (κ3) is 10.7. The van der Waals surface area contributed by atoms with Crippen molar-refractivity contribution in [3.05, 3.63) is 94.5 Å². The summed E-state index contributed by atoms with van der Waals surface area (Å²) in [6.07, 6.45) is 4.86. The quantitative estimate of drug-likeness (QED) is 0.108. The highest BCUT2D eigenvalue weighted by Gasteiger charge is 2.39. The van der Waals surface area contributed by atoms with E-state index in [1.54, 1.807) is 65.9 Å². The number of aromatic hydroxyl groups is 1. The van der Waals surface area contributed by atoms with E-state index in [2.05, 4.69) is 12.1 Å². The van der Waals surface area contributed by atoms with E-state index >= 15 is 0 Å². The molecule has 0 saturated heterocycles. The van der Waals surface area contributed by atoms with Crippen LogP contribution in [0, 0.1) is 18.8 Å². The van der Waals surface area contributed by atoms with Crippen molar-refractivity contribution in [3.63, 3.8) is 0 Å². The lowest BCUT2D eigenvalue weighted by atomic mass is 9.71. The molecule has 4 aromatic rings. The second-order valence-corrected chi connectivity index (χ2v) is 15.4. The molecule has 2 aliphatic rings. The van der Waals surface area contributed by atoms with Crippen LogP contribution in [0.5, 0.6) is 46.0 Å². The molecule has 12 nitrogen and oxygen atoms in total. The number of ketones is 2. The Morgan fingerprint density at radius 2 is 0.967 bits per heavy atom. The molecule has 0 aliphatic heterocycles. The first kappa shape index (κ1) is 46.6. The van der Waals surface area contributed by atoms with Crippen molar-refractivity contribution in [3.8, 4) is 46.0 Å². The fraction of sp³-hybridized carbons (Fsp3) is 0.469. The smallest absolute Gasteiger partial charge is 0.203 e. The van der Waals surface area contributed by atoms with Crippen molar-refractivity contribution in [1.29, 1.82) is 0 Å². The van der Waals surface area contributed by atoms with Gasteiger partial charge in [-0.05, 0) is 123 Å². The second-order valence-electron chi connectivity index (χ2n) is 15.4. The van der Waals surface area contributed by atoms with Crippen molar-refractivity contribution in [1.82, 2.24) is 0 Å². The summed E-state index contributed by atoms with van der Waals surface area (Å²) in [6, 6.07) is 20.6. The number of rotatable bonds is 16. The second kappa shape index (κ2) is 21.9. The molecule has 4 aromatic carbocycles. The molecule has 0 radical (unpaired) electrons. The lowest BCUT2D eigenvalue weighted by molar-refractivity contribution is 0.0426. The normalized spacial score (nSPS) is 21.0. The number of phenolic OH excluding ortho intramolecular Hbond substituents is 1. The Hall–Kier alpha value is -5.46. The number of carbonyl (C=O) groups excluding carboxylic acids is 2. The van der Waals surface area contributed by atoms with Gasteiger partial charge in [-0.3, -0.25) is 9.59 Å². The summed E-state index contributed by atoms with van der Waals surface area (Å²) in [5.74, 6) is 3.58. The highest BCUT2D eigenvalue weighted by molar-refractivity contribution is 6.00. The van der Waals surface area contributed by atoms with Crippen LogP contribution in [-0.2, 0) is 9.47 Å². The number of phenols is 1. The molecule has 6 rings (SSSR count). The Labute approximate surface area is 360 Å². The average Bonchev–Trinajstić information content (AvgIpc) is 3.30. The molecule has 1 N–H and O–H groups in total. The van der Waals surface area contributed by atoms with Gasteiger partial charge in [-0.1, -0.05) is 24.3 Å². The van der Waals surface area contributed by atoms with E-state index in [0.717, 1.165) is 54.5 Å². The van der Waals surface area contributed by atoms with Crippen molar-refractivity contribution in [2.45, 2.75) is 76.4 Å². The Morgan fingerprint density at radius 3 is 1.33 bits per heavy atom. The molecule has 6 unspecified atom stereocenters.